The van der Waals surface area contributed by atoms with Crippen LogP contribution in [-0.4, -0.2) is 12.7 Å². The number of benzene rings is 1. The van der Waals surface area contributed by atoms with Crippen molar-refractivity contribution in [3.63, 3.8) is 0 Å². The van der Waals surface area contributed by atoms with Gasteiger partial charge in [0.05, 0.1) is 0 Å². The van der Waals surface area contributed by atoms with Crippen LogP contribution in [0, 0.1) is 0 Å². The molecule has 0 amide bonds. The molecule has 2 N–H and O–H groups in total. The standard InChI is InChI=1S/C9H10BrClFN/c10-7-2-1-6(9(11)4-7)3-8(12)5-13/h1-2,4,8H,3,5,13H2. The maximum atomic E-state index is 12.9. The number of alkyl halides is 1. The first kappa shape index (κ1) is 11.0. The van der Waals surface area contributed by atoms with E-state index in [1.807, 2.05) is 6.07 Å². The molecule has 0 spiro atoms. The SMILES string of the molecule is NCC(F)Cc1ccc(Br)cc1Cl. The van der Waals surface area contributed by atoms with Crippen LogP contribution in [0.15, 0.2) is 22.7 Å². The Labute approximate surface area is 90.2 Å². The normalized spacial score (nSPS) is 12.9. The van der Waals surface area contributed by atoms with Crippen molar-refractivity contribution in [1.82, 2.24) is 0 Å². The van der Waals surface area contributed by atoms with Crippen LogP contribution in [0.2, 0.25) is 5.02 Å². The van der Waals surface area contributed by atoms with E-state index in [0.717, 1.165) is 10.0 Å². The fourth-order valence-corrected chi connectivity index (χ4v) is 1.76. The van der Waals surface area contributed by atoms with Crippen molar-refractivity contribution in [1.29, 1.82) is 0 Å². The molecule has 0 saturated heterocycles. The summed E-state index contributed by atoms with van der Waals surface area (Å²) in [5.74, 6) is 0. The Bertz CT molecular complexity index is 293. The number of hydrogen-bond acceptors (Lipinski definition) is 1. The smallest absolute Gasteiger partial charge is 0.116 e. The number of hydrogen-bond donors (Lipinski definition) is 1. The van der Waals surface area contributed by atoms with E-state index >= 15 is 0 Å². The molecule has 0 radical (unpaired) electrons. The first-order chi connectivity index (χ1) is 6.13. The fraction of sp³-hybridized carbons (Fsp3) is 0.333. The van der Waals surface area contributed by atoms with Crippen LogP contribution >= 0.6 is 27.5 Å². The third-order valence-electron chi connectivity index (χ3n) is 1.71. The minimum atomic E-state index is -1.02. The van der Waals surface area contributed by atoms with Crippen LogP contribution in [0.3, 0.4) is 0 Å². The summed E-state index contributed by atoms with van der Waals surface area (Å²) in [4.78, 5) is 0. The van der Waals surface area contributed by atoms with Gasteiger partial charge in [0.25, 0.3) is 0 Å². The Balaban J connectivity index is 2.77. The predicted octanol–water partition coefficient (Wildman–Crippen LogP) is 2.94. The Morgan fingerprint density at radius 3 is 2.77 bits per heavy atom. The molecule has 0 aliphatic heterocycles. The second kappa shape index (κ2) is 4.94. The van der Waals surface area contributed by atoms with E-state index in [4.69, 9.17) is 17.3 Å². The molecule has 0 saturated carbocycles. The molecule has 0 aliphatic carbocycles. The highest BCUT2D eigenvalue weighted by Gasteiger charge is 2.08. The summed E-state index contributed by atoms with van der Waals surface area (Å²) in [6.07, 6.45) is -0.735. The van der Waals surface area contributed by atoms with E-state index in [-0.39, 0.29) is 13.0 Å². The van der Waals surface area contributed by atoms with Crippen molar-refractivity contribution in [3.8, 4) is 0 Å². The fourth-order valence-electron chi connectivity index (χ4n) is 1.01. The molecule has 1 aromatic carbocycles. The van der Waals surface area contributed by atoms with Crippen molar-refractivity contribution < 1.29 is 4.39 Å². The summed E-state index contributed by atoms with van der Waals surface area (Å²) in [7, 11) is 0. The second-order valence-corrected chi connectivity index (χ2v) is 4.10. The lowest BCUT2D eigenvalue weighted by atomic mass is 10.1. The molecule has 0 aliphatic rings. The minimum Gasteiger partial charge on any atom is -0.328 e. The van der Waals surface area contributed by atoms with Gasteiger partial charge in [-0.05, 0) is 17.7 Å². The van der Waals surface area contributed by atoms with Gasteiger partial charge in [-0.25, -0.2) is 4.39 Å². The van der Waals surface area contributed by atoms with Crippen LogP contribution in [-0.2, 0) is 6.42 Å². The van der Waals surface area contributed by atoms with Gasteiger partial charge in [-0.15, -0.1) is 0 Å². The maximum Gasteiger partial charge on any atom is 0.116 e. The van der Waals surface area contributed by atoms with Gasteiger partial charge in [0.2, 0.25) is 0 Å². The summed E-state index contributed by atoms with van der Waals surface area (Å²) >= 11 is 9.17. The summed E-state index contributed by atoms with van der Waals surface area (Å²) < 4.78 is 13.8. The number of halogens is 3. The Hall–Kier alpha value is -0.120. The van der Waals surface area contributed by atoms with Crippen molar-refractivity contribution >= 4 is 27.5 Å². The van der Waals surface area contributed by atoms with Crippen LogP contribution < -0.4 is 5.73 Å². The Kier molecular flexibility index (Phi) is 4.16. The largest absolute Gasteiger partial charge is 0.328 e. The molecule has 0 bridgehead atoms. The van der Waals surface area contributed by atoms with Crippen molar-refractivity contribution in [2.75, 3.05) is 6.54 Å². The van der Waals surface area contributed by atoms with E-state index in [9.17, 15) is 4.39 Å². The number of nitrogens with two attached hydrogens (primary N) is 1. The van der Waals surface area contributed by atoms with Crippen LogP contribution in [0.5, 0.6) is 0 Å². The highest BCUT2D eigenvalue weighted by atomic mass is 79.9. The third-order valence-corrected chi connectivity index (χ3v) is 2.56. The molecular formula is C9H10BrClFN. The van der Waals surface area contributed by atoms with Gasteiger partial charge in [0.1, 0.15) is 6.17 Å². The summed E-state index contributed by atoms with van der Waals surface area (Å²) in [6.45, 7) is 0.0341. The molecule has 1 nitrogen and oxygen atoms in total. The number of rotatable bonds is 3. The molecule has 1 unspecified atom stereocenters. The molecule has 1 atom stereocenters. The van der Waals surface area contributed by atoms with Gasteiger partial charge < -0.3 is 5.73 Å². The predicted molar refractivity (Wildman–Crippen MR) is 56.8 cm³/mol. The Morgan fingerprint density at radius 1 is 1.54 bits per heavy atom. The molecule has 0 aromatic heterocycles. The van der Waals surface area contributed by atoms with Gasteiger partial charge in [0.15, 0.2) is 0 Å². The Morgan fingerprint density at radius 2 is 2.23 bits per heavy atom. The van der Waals surface area contributed by atoms with Crippen molar-refractivity contribution in [2.45, 2.75) is 12.6 Å². The molecule has 0 fully saturated rings. The minimum absolute atomic E-state index is 0.0341. The van der Waals surface area contributed by atoms with E-state index in [2.05, 4.69) is 15.9 Å². The van der Waals surface area contributed by atoms with E-state index in [1.165, 1.54) is 0 Å². The summed E-state index contributed by atoms with van der Waals surface area (Å²) in [5.41, 5.74) is 5.97. The average molecular weight is 267 g/mol. The zero-order chi connectivity index (χ0) is 9.84. The maximum absolute atomic E-state index is 12.9. The zero-order valence-electron chi connectivity index (χ0n) is 6.93. The molecule has 13 heavy (non-hydrogen) atoms. The van der Waals surface area contributed by atoms with Gasteiger partial charge >= 0.3 is 0 Å². The topological polar surface area (TPSA) is 26.0 Å². The van der Waals surface area contributed by atoms with Crippen LogP contribution in [0.1, 0.15) is 5.56 Å². The monoisotopic (exact) mass is 265 g/mol. The second-order valence-electron chi connectivity index (χ2n) is 2.77. The van der Waals surface area contributed by atoms with Gasteiger partial charge in [-0.3, -0.25) is 0 Å². The average Bonchev–Trinajstić information content (AvgIpc) is 2.09. The first-order valence-corrected chi connectivity index (χ1v) is 5.08. The summed E-state index contributed by atoms with van der Waals surface area (Å²) in [6, 6.07) is 5.39. The highest BCUT2D eigenvalue weighted by Crippen LogP contribution is 2.22. The van der Waals surface area contributed by atoms with Crippen molar-refractivity contribution in [2.24, 2.45) is 5.73 Å². The summed E-state index contributed by atoms with van der Waals surface area (Å²) in [5, 5.41) is 0.575. The van der Waals surface area contributed by atoms with E-state index in [0.29, 0.717) is 5.02 Å². The molecular weight excluding hydrogens is 256 g/mol. The first-order valence-electron chi connectivity index (χ1n) is 3.91. The molecule has 1 rings (SSSR count). The van der Waals surface area contributed by atoms with E-state index < -0.39 is 6.17 Å². The quantitative estimate of drug-likeness (QED) is 0.894. The van der Waals surface area contributed by atoms with Gasteiger partial charge in [-0.2, -0.15) is 0 Å². The van der Waals surface area contributed by atoms with E-state index in [1.54, 1.807) is 12.1 Å². The van der Waals surface area contributed by atoms with Gasteiger partial charge in [0, 0.05) is 22.5 Å². The van der Waals surface area contributed by atoms with Gasteiger partial charge in [-0.1, -0.05) is 33.6 Å². The molecule has 1 aromatic rings. The van der Waals surface area contributed by atoms with Crippen LogP contribution in [0.4, 0.5) is 4.39 Å². The lowest BCUT2D eigenvalue weighted by Gasteiger charge is -2.07. The zero-order valence-corrected chi connectivity index (χ0v) is 9.28. The molecule has 4 heteroatoms. The lowest BCUT2D eigenvalue weighted by Crippen LogP contribution is -2.17. The molecule has 0 heterocycles. The highest BCUT2D eigenvalue weighted by molar-refractivity contribution is 9.10. The van der Waals surface area contributed by atoms with Crippen LogP contribution in [0.25, 0.3) is 0 Å². The third kappa shape index (κ3) is 3.25. The van der Waals surface area contributed by atoms with Crippen molar-refractivity contribution in [3.05, 3.63) is 33.3 Å². The lowest BCUT2D eigenvalue weighted by molar-refractivity contribution is 0.340. The molecule has 72 valence electrons.